The van der Waals surface area contributed by atoms with E-state index in [1.54, 1.807) is 0 Å². The van der Waals surface area contributed by atoms with Crippen molar-refractivity contribution < 1.29 is 299 Å². The molecule has 0 N–H and O–H groups in total. The lowest BCUT2D eigenvalue weighted by Crippen LogP contribution is -2.74. The van der Waals surface area contributed by atoms with E-state index in [9.17, 15) is 228 Å². The lowest BCUT2D eigenvalue weighted by atomic mass is 9.17. The molecule has 0 amide bonds. The van der Waals surface area contributed by atoms with E-state index in [1.165, 1.54) is 0 Å². The average Bonchev–Trinajstić information content (AvgIpc) is 0.709. The summed E-state index contributed by atoms with van der Waals surface area (Å²) in [5, 5.41) is 0. The first kappa shape index (κ1) is 104. The standard InChI is InChI=1S/C40H16BF68/c42-9(43,13(50,51)17(58,59)21(66,67)25(74,75)29(82,83)33(90,91)37(98,99)100)1-5-41(6-2-10(44,45)14(52,53)18(60,61)22(68,69)26(76,77)30(84,85)34(92,93)38(101,102)103,7-3-11(46,47)15(54,55)19(62,63)23(70,71)27(78,79)31(86,87)35(94,95)39(104,105)106)8-4-12(48,49)16(56,57)20(64,65)24(72,73)28(80,81)32(88,89)36(96,97)40(107,108)109/h1-8H2/q-1. The third kappa shape index (κ3) is 14.0. The van der Waals surface area contributed by atoms with Crippen LogP contribution < -0.4 is 0 Å². The van der Waals surface area contributed by atoms with Crippen molar-refractivity contribution in [3.05, 3.63) is 0 Å². The zero-order valence-electron chi connectivity index (χ0n) is 47.9. The lowest BCUT2D eigenvalue weighted by Gasteiger charge is -2.47. The molecule has 656 valence electrons. The fraction of sp³-hybridized carbons (Fsp3) is 1.00. The molecule has 0 rings (SSSR count). The second kappa shape index (κ2) is 26.7. The van der Waals surface area contributed by atoms with Gasteiger partial charge in [-0.3, -0.25) is 0 Å². The number of halogens is 68. The van der Waals surface area contributed by atoms with Crippen LogP contribution in [0.25, 0.3) is 0 Å². The van der Waals surface area contributed by atoms with Crippen LogP contribution in [0, 0.1) is 0 Å². The monoisotopic (exact) mass is 1800 g/mol. The quantitative estimate of drug-likeness (QED) is 0.0433. The molecule has 0 atom stereocenters. The molecule has 0 spiro atoms. The molecule has 0 fully saturated rings. The van der Waals surface area contributed by atoms with Gasteiger partial charge in [-0.1, -0.05) is 0 Å². The predicted molar refractivity (Wildman–Crippen MR) is 206 cm³/mol. The van der Waals surface area contributed by atoms with Gasteiger partial charge in [-0.2, -0.15) is 324 Å². The summed E-state index contributed by atoms with van der Waals surface area (Å²) in [4.78, 5) is 0. The number of hydrogen-bond acceptors (Lipinski definition) is 0. The minimum Gasteiger partial charge on any atom is -0.200 e. The molecular weight excluding hydrogens is 1780 g/mol. The van der Waals surface area contributed by atoms with Gasteiger partial charge in [0.15, 0.2) is 0 Å². The fourth-order valence-corrected chi connectivity index (χ4v) is 8.23. The molecule has 0 heterocycles. The van der Waals surface area contributed by atoms with E-state index in [-0.39, 0.29) is 0 Å². The highest BCUT2D eigenvalue weighted by atomic mass is 19.5. The van der Waals surface area contributed by atoms with E-state index in [0.717, 1.165) is 0 Å². The molecule has 0 nitrogen and oxygen atoms in total. The van der Waals surface area contributed by atoms with Gasteiger partial charge < -0.3 is 0 Å². The predicted octanol–water partition coefficient (Wildman–Crippen LogP) is 25.0. The molecule has 0 aromatic rings. The lowest BCUT2D eigenvalue weighted by molar-refractivity contribution is -0.461. The maximum absolute atomic E-state index is 15.4. The van der Waals surface area contributed by atoms with Crippen LogP contribution in [0.3, 0.4) is 0 Å². The first-order valence-electron chi connectivity index (χ1n) is 24.9. The Morgan fingerprint density at radius 1 is 0.101 bits per heavy atom. The van der Waals surface area contributed by atoms with Crippen molar-refractivity contribution in [3.8, 4) is 0 Å². The topological polar surface area (TPSA) is 0 Å². The van der Waals surface area contributed by atoms with Crippen LogP contribution in [0.2, 0.25) is 25.3 Å². The third-order valence-electron chi connectivity index (χ3n) is 15.4. The summed E-state index contributed by atoms with van der Waals surface area (Å²) in [6.45, 7) is 0. The van der Waals surface area contributed by atoms with Crippen LogP contribution in [0.1, 0.15) is 25.7 Å². The second-order valence-corrected chi connectivity index (χ2v) is 22.5. The molecule has 0 bridgehead atoms. The smallest absolute Gasteiger partial charge is 0.200 e. The van der Waals surface area contributed by atoms with E-state index in [1.807, 2.05) is 0 Å². The van der Waals surface area contributed by atoms with Crippen molar-refractivity contribution in [2.45, 2.75) is 241 Å². The molecule has 0 unspecified atom stereocenters. The normalized spacial score (nSPS) is 17.3. The fourth-order valence-electron chi connectivity index (χ4n) is 8.23. The molecule has 0 aliphatic heterocycles. The van der Waals surface area contributed by atoms with Gasteiger partial charge in [-0.15, -0.1) is 0 Å². The van der Waals surface area contributed by atoms with Gasteiger partial charge in [0.25, 0.3) is 0 Å². The van der Waals surface area contributed by atoms with Crippen molar-refractivity contribution in [2.75, 3.05) is 0 Å². The summed E-state index contributed by atoms with van der Waals surface area (Å²) in [5.74, 6) is -274. The van der Waals surface area contributed by atoms with Crippen molar-refractivity contribution in [2.24, 2.45) is 0 Å². The van der Waals surface area contributed by atoms with Gasteiger partial charge in [0.1, 0.15) is 0 Å². The van der Waals surface area contributed by atoms with Crippen molar-refractivity contribution in [1.29, 1.82) is 0 Å². The van der Waals surface area contributed by atoms with E-state index < -0.39 is 248 Å². The van der Waals surface area contributed by atoms with Gasteiger partial charge >= 0.3 is 191 Å². The van der Waals surface area contributed by atoms with E-state index in [2.05, 4.69) is 0 Å². The number of rotatable bonds is 36. The Labute approximate surface area is 547 Å². The zero-order chi connectivity index (χ0) is 90.2. The minimum atomic E-state index is -10.2. The van der Waals surface area contributed by atoms with Crippen LogP contribution in [0.4, 0.5) is 299 Å². The molecule has 0 aliphatic carbocycles. The van der Waals surface area contributed by atoms with Gasteiger partial charge in [-0.05, 0) is 25.7 Å². The first-order valence-corrected chi connectivity index (χ1v) is 24.9. The van der Waals surface area contributed by atoms with Crippen LogP contribution in [0.5, 0.6) is 0 Å². The van der Waals surface area contributed by atoms with Crippen LogP contribution in [-0.2, 0) is 0 Å². The molecule has 69 heteroatoms. The Morgan fingerprint density at radius 3 is 0.257 bits per heavy atom. The van der Waals surface area contributed by atoms with E-state index in [4.69, 9.17) is 0 Å². The largest absolute Gasteiger partial charge is 0.460 e. The summed E-state index contributed by atoms with van der Waals surface area (Å²) in [6.07, 6.45) is -85.9. The van der Waals surface area contributed by atoms with Crippen LogP contribution >= 0.6 is 0 Å². The Morgan fingerprint density at radius 2 is 0.174 bits per heavy atom. The highest BCUT2D eigenvalue weighted by Gasteiger charge is 3.00. The molecule has 0 saturated heterocycles. The minimum absolute atomic E-state index is 5.11. The summed E-state index contributed by atoms with van der Waals surface area (Å²) < 4.78 is 957. The summed E-state index contributed by atoms with van der Waals surface area (Å²) in [5.41, 5.74) is 0. The van der Waals surface area contributed by atoms with Gasteiger partial charge in [-0.25, -0.2) is 0 Å². The Balaban J connectivity index is 10.2. The van der Waals surface area contributed by atoms with Crippen LogP contribution in [-0.4, -0.2) is 197 Å². The van der Waals surface area contributed by atoms with E-state index in [0.29, 0.717) is 0 Å². The van der Waals surface area contributed by atoms with Crippen molar-refractivity contribution in [1.82, 2.24) is 0 Å². The zero-order valence-corrected chi connectivity index (χ0v) is 47.9. The van der Waals surface area contributed by atoms with Gasteiger partial charge in [0.2, 0.25) is 0 Å². The van der Waals surface area contributed by atoms with Gasteiger partial charge in [0, 0.05) is 6.15 Å². The summed E-state index contributed by atoms with van der Waals surface area (Å²) >= 11 is 0. The highest BCUT2D eigenvalue weighted by Crippen LogP contribution is 2.71. The van der Waals surface area contributed by atoms with E-state index >= 15 is 70.2 Å². The molecule has 0 saturated carbocycles. The molecule has 0 aliphatic rings. The summed E-state index contributed by atoms with van der Waals surface area (Å²) in [7, 11) is 0. The number of hydrogen-bond donors (Lipinski definition) is 0. The summed E-state index contributed by atoms with van der Waals surface area (Å²) in [6, 6.07) is 0. The Hall–Kier alpha value is -4.70. The second-order valence-electron chi connectivity index (χ2n) is 22.5. The molecule has 0 aromatic carbocycles. The van der Waals surface area contributed by atoms with Crippen molar-refractivity contribution in [3.63, 3.8) is 0 Å². The SMILES string of the molecule is FC(F)(F)C(F)(F)C(F)(F)C(F)(F)C(F)(F)C(F)(F)C(F)(F)C(F)(F)CC[B-](CCC(F)(F)C(F)(F)C(F)(F)C(F)(F)C(F)(F)C(F)(F)C(F)(F)C(F)(F)F)(CCC(F)(F)C(F)(F)C(F)(F)C(F)(F)C(F)(F)C(F)(F)C(F)(F)C(F)(F)F)CCC(F)(F)C(F)(F)C(F)(F)C(F)(F)C(F)(F)C(F)(F)C(F)(F)C(F)(F)F. The van der Waals surface area contributed by atoms with Crippen molar-refractivity contribution >= 4 is 6.15 Å². The Bertz CT molecular complexity index is 2710. The van der Waals surface area contributed by atoms with Gasteiger partial charge in [0.05, 0.1) is 0 Å². The first-order chi connectivity index (χ1) is 45.8. The highest BCUT2D eigenvalue weighted by molar-refractivity contribution is 6.80. The molecular formula is C40H16BF68-. The number of alkyl halides is 68. The van der Waals surface area contributed by atoms with Crippen LogP contribution in [0.15, 0.2) is 0 Å². The molecule has 0 aromatic heterocycles. The maximum Gasteiger partial charge on any atom is 0.460 e. The average molecular weight is 1800 g/mol. The maximum atomic E-state index is 15.4. The molecule has 109 heavy (non-hydrogen) atoms. The third-order valence-corrected chi connectivity index (χ3v) is 15.4. The molecule has 0 radical (unpaired) electrons. The Kier molecular flexibility index (Phi) is 25.5.